The number of carboxylic acids is 1. The van der Waals surface area contributed by atoms with Gasteiger partial charge >= 0.3 is 5.97 Å². The zero-order valence-electron chi connectivity index (χ0n) is 9.68. The molecule has 1 rings (SSSR count). The third-order valence-electron chi connectivity index (χ3n) is 2.86. The Bertz CT molecular complexity index is 332. The van der Waals surface area contributed by atoms with Gasteiger partial charge in [0.05, 0.1) is 12.5 Å². The van der Waals surface area contributed by atoms with Gasteiger partial charge in [-0.15, -0.1) is 0 Å². The Morgan fingerprint density at radius 2 is 2.29 bits per heavy atom. The van der Waals surface area contributed by atoms with Crippen molar-refractivity contribution in [2.45, 2.75) is 31.8 Å². The number of nitrogens with zero attached hydrogens (tertiary/aromatic N) is 1. The van der Waals surface area contributed by atoms with Crippen molar-refractivity contribution in [1.82, 2.24) is 10.2 Å². The maximum atomic E-state index is 11.6. The molecule has 2 unspecified atom stereocenters. The molecule has 1 saturated heterocycles. The number of nitrogens with one attached hydrogen (secondary N) is 1. The van der Waals surface area contributed by atoms with Gasteiger partial charge in [-0.1, -0.05) is 6.92 Å². The van der Waals surface area contributed by atoms with Crippen molar-refractivity contribution >= 4 is 17.8 Å². The molecule has 2 amide bonds. The highest BCUT2D eigenvalue weighted by Gasteiger charge is 2.37. The largest absolute Gasteiger partial charge is 0.481 e. The topological polar surface area (TPSA) is 113 Å². The quantitative estimate of drug-likeness (QED) is 0.545. The maximum absolute atomic E-state index is 11.6. The van der Waals surface area contributed by atoms with Crippen LogP contribution in [0.4, 0.5) is 0 Å². The normalized spacial score (nSPS) is 22.9. The molecule has 0 spiro atoms. The van der Waals surface area contributed by atoms with E-state index in [-0.39, 0.29) is 12.3 Å². The van der Waals surface area contributed by atoms with Crippen LogP contribution >= 0.6 is 0 Å². The van der Waals surface area contributed by atoms with Gasteiger partial charge in [0.1, 0.15) is 6.04 Å². The summed E-state index contributed by atoms with van der Waals surface area (Å²) in [4.78, 5) is 35.2. The fourth-order valence-electron chi connectivity index (χ4n) is 2.08. The SMILES string of the molecule is CCC(C(N)=O)N1CCNC(=O)C1CC(=O)O. The highest BCUT2D eigenvalue weighted by Crippen LogP contribution is 2.15. The van der Waals surface area contributed by atoms with Gasteiger partial charge in [0.2, 0.25) is 11.8 Å². The predicted octanol–water partition coefficient (Wildman–Crippen LogP) is -1.47. The van der Waals surface area contributed by atoms with Gasteiger partial charge < -0.3 is 16.2 Å². The molecule has 7 heteroatoms. The summed E-state index contributed by atoms with van der Waals surface area (Å²) in [5, 5.41) is 11.4. The van der Waals surface area contributed by atoms with Crippen molar-refractivity contribution in [3.63, 3.8) is 0 Å². The molecule has 0 radical (unpaired) electrons. The highest BCUT2D eigenvalue weighted by molar-refractivity contribution is 5.88. The third-order valence-corrected chi connectivity index (χ3v) is 2.86. The Labute approximate surface area is 98.9 Å². The van der Waals surface area contributed by atoms with Crippen LogP contribution in [0.2, 0.25) is 0 Å². The molecule has 1 aliphatic rings. The number of rotatable bonds is 5. The van der Waals surface area contributed by atoms with Gasteiger partial charge in [-0.25, -0.2) is 0 Å². The van der Waals surface area contributed by atoms with E-state index < -0.39 is 24.0 Å². The minimum absolute atomic E-state index is 0.324. The fourth-order valence-corrected chi connectivity index (χ4v) is 2.08. The van der Waals surface area contributed by atoms with Crippen LogP contribution in [-0.2, 0) is 14.4 Å². The Hall–Kier alpha value is -1.63. The van der Waals surface area contributed by atoms with E-state index in [2.05, 4.69) is 5.32 Å². The predicted molar refractivity (Wildman–Crippen MR) is 59.0 cm³/mol. The molecule has 0 saturated carbocycles. The molecule has 7 nitrogen and oxygen atoms in total. The van der Waals surface area contributed by atoms with E-state index in [0.29, 0.717) is 19.5 Å². The maximum Gasteiger partial charge on any atom is 0.305 e. The number of nitrogens with two attached hydrogens (primary N) is 1. The number of piperazine rings is 1. The highest BCUT2D eigenvalue weighted by atomic mass is 16.4. The van der Waals surface area contributed by atoms with E-state index in [0.717, 1.165) is 0 Å². The lowest BCUT2D eigenvalue weighted by Gasteiger charge is -2.38. The summed E-state index contributed by atoms with van der Waals surface area (Å²) in [7, 11) is 0. The second kappa shape index (κ2) is 5.62. The number of hydrogen-bond donors (Lipinski definition) is 3. The van der Waals surface area contributed by atoms with Gasteiger partial charge in [-0.3, -0.25) is 19.3 Å². The molecule has 0 aromatic heterocycles. The average Bonchev–Trinajstić information content (AvgIpc) is 2.22. The van der Waals surface area contributed by atoms with E-state index in [1.165, 1.54) is 0 Å². The molecule has 0 aromatic rings. The minimum Gasteiger partial charge on any atom is -0.481 e. The summed E-state index contributed by atoms with van der Waals surface area (Å²) in [6, 6.07) is -1.41. The third kappa shape index (κ3) is 3.16. The van der Waals surface area contributed by atoms with Crippen molar-refractivity contribution in [2.75, 3.05) is 13.1 Å². The number of carbonyl (C=O) groups excluding carboxylic acids is 2. The summed E-state index contributed by atoms with van der Waals surface area (Å²) >= 11 is 0. The van der Waals surface area contributed by atoms with Crippen LogP contribution in [0.15, 0.2) is 0 Å². The van der Waals surface area contributed by atoms with Gasteiger partial charge in [-0.05, 0) is 6.42 Å². The van der Waals surface area contributed by atoms with E-state index in [4.69, 9.17) is 10.8 Å². The van der Waals surface area contributed by atoms with Gasteiger partial charge in [0.25, 0.3) is 0 Å². The molecular weight excluding hydrogens is 226 g/mol. The monoisotopic (exact) mass is 243 g/mol. The molecule has 2 atom stereocenters. The lowest BCUT2D eigenvalue weighted by atomic mass is 10.0. The van der Waals surface area contributed by atoms with Crippen LogP contribution in [0, 0.1) is 0 Å². The molecule has 1 fully saturated rings. The molecule has 4 N–H and O–H groups in total. The molecule has 1 heterocycles. The van der Waals surface area contributed by atoms with Crippen molar-refractivity contribution < 1.29 is 19.5 Å². The smallest absolute Gasteiger partial charge is 0.305 e. The van der Waals surface area contributed by atoms with E-state index >= 15 is 0 Å². The first-order valence-corrected chi connectivity index (χ1v) is 5.52. The lowest BCUT2D eigenvalue weighted by Crippen LogP contribution is -2.61. The standard InChI is InChI=1S/C10H17N3O4/c1-2-6(9(11)16)13-4-3-12-10(17)7(13)5-8(14)15/h6-7H,2-5H2,1H3,(H2,11,16)(H,12,17)(H,14,15). The number of carbonyl (C=O) groups is 3. The number of hydrogen-bond acceptors (Lipinski definition) is 4. The van der Waals surface area contributed by atoms with E-state index in [9.17, 15) is 14.4 Å². The zero-order valence-corrected chi connectivity index (χ0v) is 9.68. The second-order valence-corrected chi connectivity index (χ2v) is 3.97. The molecule has 0 bridgehead atoms. The van der Waals surface area contributed by atoms with Crippen LogP contribution in [0.25, 0.3) is 0 Å². The molecule has 0 aromatic carbocycles. The van der Waals surface area contributed by atoms with Crippen LogP contribution < -0.4 is 11.1 Å². The Kier molecular flexibility index (Phi) is 4.45. The van der Waals surface area contributed by atoms with Crippen LogP contribution in [0.3, 0.4) is 0 Å². The van der Waals surface area contributed by atoms with Crippen molar-refractivity contribution in [2.24, 2.45) is 5.73 Å². The number of carboxylic acid groups (broad SMARTS) is 1. The first-order chi connectivity index (χ1) is 7.97. The number of aliphatic carboxylic acids is 1. The zero-order chi connectivity index (χ0) is 13.0. The molecule has 96 valence electrons. The Morgan fingerprint density at radius 1 is 1.65 bits per heavy atom. The summed E-state index contributed by atoms with van der Waals surface area (Å²) < 4.78 is 0. The van der Waals surface area contributed by atoms with Gasteiger partial charge in [0.15, 0.2) is 0 Å². The Morgan fingerprint density at radius 3 is 2.76 bits per heavy atom. The molecular formula is C10H17N3O4. The van der Waals surface area contributed by atoms with Crippen LogP contribution in [-0.4, -0.2) is 53.0 Å². The van der Waals surface area contributed by atoms with E-state index in [1.54, 1.807) is 11.8 Å². The minimum atomic E-state index is -1.07. The summed E-state index contributed by atoms with van der Waals surface area (Å²) in [5.74, 6) is -1.97. The Balaban J connectivity index is 2.87. The summed E-state index contributed by atoms with van der Waals surface area (Å²) in [6.45, 7) is 2.61. The van der Waals surface area contributed by atoms with E-state index in [1.807, 2.05) is 0 Å². The number of primary amides is 1. The van der Waals surface area contributed by atoms with Crippen molar-refractivity contribution in [3.8, 4) is 0 Å². The lowest BCUT2D eigenvalue weighted by molar-refractivity contribution is -0.145. The summed E-state index contributed by atoms with van der Waals surface area (Å²) in [5.41, 5.74) is 5.26. The van der Waals surface area contributed by atoms with Crippen molar-refractivity contribution in [1.29, 1.82) is 0 Å². The second-order valence-electron chi connectivity index (χ2n) is 3.97. The molecule has 0 aliphatic carbocycles. The molecule has 1 aliphatic heterocycles. The number of amides is 2. The first kappa shape index (κ1) is 13.4. The van der Waals surface area contributed by atoms with Crippen LogP contribution in [0.1, 0.15) is 19.8 Å². The van der Waals surface area contributed by atoms with Gasteiger partial charge in [-0.2, -0.15) is 0 Å². The van der Waals surface area contributed by atoms with Crippen LogP contribution in [0.5, 0.6) is 0 Å². The summed E-state index contributed by atoms with van der Waals surface area (Å²) in [6.07, 6.45) is 0.133. The average molecular weight is 243 g/mol. The van der Waals surface area contributed by atoms with Crippen molar-refractivity contribution in [3.05, 3.63) is 0 Å². The molecule has 17 heavy (non-hydrogen) atoms. The van der Waals surface area contributed by atoms with Gasteiger partial charge in [0, 0.05) is 13.1 Å². The first-order valence-electron chi connectivity index (χ1n) is 5.52. The fraction of sp³-hybridized carbons (Fsp3) is 0.700.